The number of nitrogen functional groups attached to an aromatic ring is 1. The second-order valence-electron chi connectivity index (χ2n) is 8.74. The largest absolute Gasteiger partial charge is 0.482 e. The number of benzene rings is 2. The quantitative estimate of drug-likeness (QED) is 0.392. The van der Waals surface area contributed by atoms with Gasteiger partial charge in [-0.1, -0.05) is 35.3 Å². The van der Waals surface area contributed by atoms with E-state index in [1.54, 1.807) is 31.3 Å². The monoisotopic (exact) mass is 541 g/mol. The fraction of sp³-hybridized carbons (Fsp3) is 0.296. The second kappa shape index (κ2) is 11.8. The topological polar surface area (TPSA) is 95.5 Å². The summed E-state index contributed by atoms with van der Waals surface area (Å²) in [5, 5.41) is 8.93. The molecule has 0 aliphatic carbocycles. The lowest BCUT2D eigenvalue weighted by Crippen LogP contribution is -2.48. The van der Waals surface area contributed by atoms with Gasteiger partial charge in [-0.05, 0) is 42.8 Å². The number of ether oxygens (including phenoxy) is 1. The molecular formula is C27H26Cl2FN5O2. The van der Waals surface area contributed by atoms with Gasteiger partial charge in [-0.15, -0.1) is 0 Å². The number of aromatic nitrogens is 1. The van der Waals surface area contributed by atoms with Gasteiger partial charge in [0.1, 0.15) is 11.9 Å². The molecule has 2 N–H and O–H groups in total. The third kappa shape index (κ3) is 6.13. The second-order valence-corrected chi connectivity index (χ2v) is 9.53. The molecule has 2 aromatic carbocycles. The molecule has 2 heterocycles. The summed E-state index contributed by atoms with van der Waals surface area (Å²) in [6, 6.07) is 13.8. The van der Waals surface area contributed by atoms with Gasteiger partial charge in [0, 0.05) is 67.1 Å². The van der Waals surface area contributed by atoms with Crippen LogP contribution in [-0.4, -0.2) is 53.4 Å². The van der Waals surface area contributed by atoms with Crippen LogP contribution < -0.4 is 10.5 Å². The summed E-state index contributed by atoms with van der Waals surface area (Å²) in [5.41, 5.74) is 8.51. The lowest BCUT2D eigenvalue weighted by atomic mass is 10.0. The average Bonchev–Trinajstić information content (AvgIpc) is 2.91. The van der Waals surface area contributed by atoms with Crippen molar-refractivity contribution >= 4 is 34.9 Å². The summed E-state index contributed by atoms with van der Waals surface area (Å²) >= 11 is 12.3. The van der Waals surface area contributed by atoms with Crippen molar-refractivity contribution in [3.63, 3.8) is 0 Å². The Balaban J connectivity index is 1.46. The summed E-state index contributed by atoms with van der Waals surface area (Å²) in [6.07, 6.45) is 1.43. The number of halogens is 3. The van der Waals surface area contributed by atoms with E-state index < -0.39 is 11.9 Å². The molecule has 1 fully saturated rings. The fourth-order valence-electron chi connectivity index (χ4n) is 4.24. The van der Waals surface area contributed by atoms with Crippen LogP contribution in [0.25, 0.3) is 11.1 Å². The van der Waals surface area contributed by atoms with E-state index in [2.05, 4.69) is 16.0 Å². The van der Waals surface area contributed by atoms with Crippen LogP contribution in [0.4, 0.5) is 10.2 Å². The van der Waals surface area contributed by atoms with Crippen molar-refractivity contribution in [3.05, 3.63) is 75.7 Å². The van der Waals surface area contributed by atoms with Crippen molar-refractivity contribution < 1.29 is 13.9 Å². The predicted octanol–water partition coefficient (Wildman–Crippen LogP) is 5.59. The first-order valence-corrected chi connectivity index (χ1v) is 12.6. The summed E-state index contributed by atoms with van der Waals surface area (Å²) in [7, 11) is 0. The maximum atomic E-state index is 14.0. The molecule has 10 heteroatoms. The minimum absolute atomic E-state index is 0.0244. The van der Waals surface area contributed by atoms with Crippen molar-refractivity contribution in [1.82, 2.24) is 14.8 Å². The molecule has 1 aromatic heterocycles. The maximum absolute atomic E-state index is 14.0. The molecule has 192 valence electrons. The number of carbonyl (C=O) groups excluding carboxylic acids is 1. The van der Waals surface area contributed by atoms with Crippen LogP contribution in [0, 0.1) is 17.1 Å². The summed E-state index contributed by atoms with van der Waals surface area (Å²) in [5.74, 6) is -0.147. The highest BCUT2D eigenvalue weighted by molar-refractivity contribution is 6.36. The van der Waals surface area contributed by atoms with Crippen molar-refractivity contribution in [2.24, 2.45) is 0 Å². The lowest BCUT2D eigenvalue weighted by Gasteiger charge is -2.34. The van der Waals surface area contributed by atoms with Gasteiger partial charge in [-0.25, -0.2) is 9.37 Å². The third-order valence-corrected chi connectivity index (χ3v) is 7.05. The van der Waals surface area contributed by atoms with E-state index in [1.807, 2.05) is 17.0 Å². The van der Waals surface area contributed by atoms with Crippen molar-refractivity contribution in [3.8, 4) is 22.9 Å². The molecule has 1 atom stereocenters. The Kier molecular flexibility index (Phi) is 8.49. The zero-order valence-corrected chi connectivity index (χ0v) is 21.8. The van der Waals surface area contributed by atoms with E-state index in [1.165, 1.54) is 12.1 Å². The highest BCUT2D eigenvalue weighted by Crippen LogP contribution is 2.37. The van der Waals surface area contributed by atoms with Gasteiger partial charge in [0.2, 0.25) is 0 Å². The summed E-state index contributed by atoms with van der Waals surface area (Å²) in [6.45, 7) is 5.21. The number of carbonyl (C=O) groups is 1. The number of hydrogen-bond donors (Lipinski definition) is 1. The van der Waals surface area contributed by atoms with Crippen molar-refractivity contribution in [1.29, 1.82) is 5.26 Å². The molecular weight excluding hydrogens is 516 g/mol. The molecule has 3 aromatic rings. The molecule has 37 heavy (non-hydrogen) atoms. The van der Waals surface area contributed by atoms with E-state index in [-0.39, 0.29) is 21.8 Å². The Labute approximate surface area is 225 Å². The number of anilines is 1. The first-order chi connectivity index (χ1) is 17.8. The van der Waals surface area contributed by atoms with Gasteiger partial charge in [0.25, 0.3) is 5.91 Å². The predicted molar refractivity (Wildman–Crippen MR) is 142 cm³/mol. The minimum Gasteiger partial charge on any atom is -0.482 e. The van der Waals surface area contributed by atoms with Crippen LogP contribution >= 0.6 is 23.2 Å². The van der Waals surface area contributed by atoms with Gasteiger partial charge in [-0.3, -0.25) is 9.69 Å². The first-order valence-electron chi connectivity index (χ1n) is 11.8. The van der Waals surface area contributed by atoms with Gasteiger partial charge in [-0.2, -0.15) is 5.26 Å². The van der Waals surface area contributed by atoms with Gasteiger partial charge < -0.3 is 15.4 Å². The Morgan fingerprint density at radius 3 is 2.54 bits per heavy atom. The smallest absolute Gasteiger partial charge is 0.253 e. The molecule has 0 bridgehead atoms. The van der Waals surface area contributed by atoms with Crippen LogP contribution in [0.15, 0.2) is 48.7 Å². The van der Waals surface area contributed by atoms with Gasteiger partial charge in [0.05, 0.1) is 11.1 Å². The number of nitriles is 1. The van der Waals surface area contributed by atoms with Gasteiger partial charge >= 0.3 is 0 Å². The molecule has 0 saturated carbocycles. The Morgan fingerprint density at radius 1 is 1.16 bits per heavy atom. The van der Waals surface area contributed by atoms with Crippen LogP contribution in [0.2, 0.25) is 10.0 Å². The molecule has 1 saturated heterocycles. The number of nitrogens with two attached hydrogens (primary N) is 1. The number of amides is 1. The highest BCUT2D eigenvalue weighted by Gasteiger charge is 2.23. The van der Waals surface area contributed by atoms with Crippen LogP contribution in [0.1, 0.15) is 35.4 Å². The zero-order chi connectivity index (χ0) is 26.5. The van der Waals surface area contributed by atoms with E-state index in [0.29, 0.717) is 36.4 Å². The SMILES string of the molecule is CC(Oc1cc(-c2ccc(C(=O)N3CCN(CCC#N)CC3)cc2)cnc1N)c1c(Cl)ccc(F)c1Cl. The molecule has 0 radical (unpaired) electrons. The molecule has 1 aliphatic rings. The van der Waals surface area contributed by atoms with Crippen molar-refractivity contribution in [2.75, 3.05) is 38.5 Å². The zero-order valence-electron chi connectivity index (χ0n) is 20.3. The Bertz CT molecular complexity index is 1320. The molecule has 4 rings (SSSR count). The van der Waals surface area contributed by atoms with E-state index in [4.69, 9.17) is 38.9 Å². The molecule has 0 spiro atoms. The van der Waals surface area contributed by atoms with Gasteiger partial charge in [0.15, 0.2) is 11.6 Å². The van der Waals surface area contributed by atoms with E-state index in [0.717, 1.165) is 30.8 Å². The van der Waals surface area contributed by atoms with Crippen molar-refractivity contribution in [2.45, 2.75) is 19.4 Å². The van der Waals surface area contributed by atoms with E-state index in [9.17, 15) is 9.18 Å². The summed E-state index contributed by atoms with van der Waals surface area (Å²) in [4.78, 5) is 21.2. The number of pyridine rings is 1. The lowest BCUT2D eigenvalue weighted by molar-refractivity contribution is 0.0639. The van der Waals surface area contributed by atoms with Crippen LogP contribution in [0.3, 0.4) is 0 Å². The Morgan fingerprint density at radius 2 is 1.86 bits per heavy atom. The standard InChI is InChI=1S/C27H26Cl2FN5O2/c1-17(24-21(28)7-8-22(30)25(24)29)37-23-15-20(16-33-26(23)32)18-3-5-19(6-4-18)27(36)35-13-11-34(12-14-35)10-2-9-31/h3-8,15-17H,2,10-14H2,1H3,(H2,32,33). The number of rotatable bonds is 7. The van der Waals surface area contributed by atoms with E-state index >= 15 is 0 Å². The first kappa shape index (κ1) is 26.7. The van der Waals surface area contributed by atoms with Crippen LogP contribution in [0.5, 0.6) is 5.75 Å². The van der Waals surface area contributed by atoms with Crippen LogP contribution in [-0.2, 0) is 0 Å². The molecule has 1 aliphatic heterocycles. The number of piperazine rings is 1. The normalized spacial score (nSPS) is 14.7. The number of nitrogens with zero attached hydrogens (tertiary/aromatic N) is 4. The molecule has 7 nitrogen and oxygen atoms in total. The molecule has 1 unspecified atom stereocenters. The fourth-order valence-corrected chi connectivity index (χ4v) is 4.92. The molecule has 1 amide bonds. The number of hydrogen-bond acceptors (Lipinski definition) is 6. The minimum atomic E-state index is -0.685. The summed E-state index contributed by atoms with van der Waals surface area (Å²) < 4.78 is 19.9. The Hall–Kier alpha value is -3.38. The maximum Gasteiger partial charge on any atom is 0.253 e. The highest BCUT2D eigenvalue weighted by atomic mass is 35.5. The average molecular weight is 542 g/mol. The third-order valence-electron chi connectivity index (χ3n) is 6.34.